The van der Waals surface area contributed by atoms with Gasteiger partial charge in [-0.15, -0.1) is 0 Å². The molecular formula is C19H22FN3O4. The van der Waals surface area contributed by atoms with Gasteiger partial charge in [-0.25, -0.2) is 14.0 Å². The van der Waals surface area contributed by atoms with Gasteiger partial charge < -0.3 is 10.2 Å². The van der Waals surface area contributed by atoms with E-state index in [0.29, 0.717) is 6.54 Å². The molecule has 144 valence electrons. The van der Waals surface area contributed by atoms with E-state index in [2.05, 4.69) is 20.9 Å². The lowest BCUT2D eigenvalue weighted by atomic mass is 10.2. The van der Waals surface area contributed by atoms with Crippen molar-refractivity contribution in [3.05, 3.63) is 65.7 Å². The van der Waals surface area contributed by atoms with Crippen LogP contribution in [-0.4, -0.2) is 63.1 Å². The van der Waals surface area contributed by atoms with Crippen LogP contribution in [0.15, 0.2) is 48.7 Å². The predicted molar refractivity (Wildman–Crippen MR) is 96.5 cm³/mol. The quantitative estimate of drug-likeness (QED) is 0.786. The summed E-state index contributed by atoms with van der Waals surface area (Å²) in [6, 6.07) is 13.1. The number of carboxylic acids is 2. The molecule has 1 aliphatic heterocycles. The van der Waals surface area contributed by atoms with Crippen molar-refractivity contribution < 1.29 is 24.2 Å². The number of pyridine rings is 1. The normalized spacial score (nSPS) is 14.9. The molecule has 2 N–H and O–H groups in total. The molecule has 1 aromatic carbocycles. The van der Waals surface area contributed by atoms with Gasteiger partial charge in [-0.1, -0.05) is 24.3 Å². The first-order valence-electron chi connectivity index (χ1n) is 8.50. The molecule has 0 bridgehead atoms. The summed E-state index contributed by atoms with van der Waals surface area (Å²) in [5.74, 6) is -3.75. The molecule has 7 nitrogen and oxygen atoms in total. The van der Waals surface area contributed by atoms with Crippen LogP contribution in [0.4, 0.5) is 4.39 Å². The Hall–Kier alpha value is -2.84. The maximum atomic E-state index is 13.7. The van der Waals surface area contributed by atoms with E-state index in [4.69, 9.17) is 19.8 Å². The van der Waals surface area contributed by atoms with Gasteiger partial charge in [0.15, 0.2) is 0 Å². The van der Waals surface area contributed by atoms with E-state index < -0.39 is 11.9 Å². The maximum absolute atomic E-state index is 13.7. The van der Waals surface area contributed by atoms with Crippen molar-refractivity contribution in [3.8, 4) is 0 Å². The number of carbonyl (C=O) groups is 2. The third-order valence-electron chi connectivity index (χ3n) is 4.11. The van der Waals surface area contributed by atoms with E-state index in [1.165, 1.54) is 6.07 Å². The molecule has 2 heterocycles. The van der Waals surface area contributed by atoms with Gasteiger partial charge in [0.2, 0.25) is 0 Å². The van der Waals surface area contributed by atoms with Crippen LogP contribution >= 0.6 is 0 Å². The molecule has 1 fully saturated rings. The van der Waals surface area contributed by atoms with Crippen molar-refractivity contribution in [1.82, 2.24) is 14.8 Å². The van der Waals surface area contributed by atoms with Gasteiger partial charge >= 0.3 is 11.9 Å². The number of hydrogen-bond donors (Lipinski definition) is 2. The van der Waals surface area contributed by atoms with Gasteiger partial charge in [0.1, 0.15) is 5.82 Å². The maximum Gasteiger partial charge on any atom is 0.414 e. The molecule has 27 heavy (non-hydrogen) atoms. The van der Waals surface area contributed by atoms with E-state index in [1.54, 1.807) is 6.07 Å². The minimum absolute atomic E-state index is 0.103. The first kappa shape index (κ1) is 20.5. The molecule has 0 spiro atoms. The lowest BCUT2D eigenvalue weighted by Crippen LogP contribution is -2.45. The highest BCUT2D eigenvalue weighted by Crippen LogP contribution is 2.13. The number of hydrogen-bond acceptors (Lipinski definition) is 5. The summed E-state index contributed by atoms with van der Waals surface area (Å²) in [5.41, 5.74) is 1.90. The Morgan fingerprint density at radius 3 is 1.96 bits per heavy atom. The SMILES string of the molecule is Fc1ccccc1CN1CCN(Cc2ccccn2)CC1.O=C(O)C(=O)O. The summed E-state index contributed by atoms with van der Waals surface area (Å²) in [4.78, 5) is 27.3. The highest BCUT2D eigenvalue weighted by molar-refractivity contribution is 6.27. The standard InChI is InChI=1S/C17H20FN3.C2H2O4/c18-17-7-2-1-5-15(17)13-20-9-11-21(12-10-20)14-16-6-3-4-8-19-16;3-1(4)2(5)6/h1-8H,9-14H2;(H,3,4)(H,5,6). The molecular weight excluding hydrogens is 353 g/mol. The monoisotopic (exact) mass is 375 g/mol. The number of benzene rings is 1. The summed E-state index contributed by atoms with van der Waals surface area (Å²) >= 11 is 0. The molecule has 3 rings (SSSR count). The Morgan fingerprint density at radius 2 is 1.44 bits per heavy atom. The molecule has 2 aromatic rings. The number of piperazine rings is 1. The van der Waals surface area contributed by atoms with Gasteiger partial charge in [0, 0.05) is 51.0 Å². The van der Waals surface area contributed by atoms with Crippen molar-refractivity contribution in [2.75, 3.05) is 26.2 Å². The second-order valence-electron chi connectivity index (χ2n) is 6.08. The van der Waals surface area contributed by atoms with Gasteiger partial charge in [-0.3, -0.25) is 14.8 Å². The number of halogens is 1. The Morgan fingerprint density at radius 1 is 0.889 bits per heavy atom. The average Bonchev–Trinajstić information content (AvgIpc) is 2.66. The second-order valence-corrected chi connectivity index (χ2v) is 6.08. The number of aliphatic carboxylic acids is 2. The van der Waals surface area contributed by atoms with Crippen LogP contribution in [0.5, 0.6) is 0 Å². The summed E-state index contributed by atoms with van der Waals surface area (Å²) < 4.78 is 13.7. The number of nitrogens with zero attached hydrogens (tertiary/aromatic N) is 3. The lowest BCUT2D eigenvalue weighted by Gasteiger charge is -2.34. The van der Waals surface area contributed by atoms with Crippen LogP contribution in [0.2, 0.25) is 0 Å². The van der Waals surface area contributed by atoms with Crippen LogP contribution in [0.3, 0.4) is 0 Å². The van der Waals surface area contributed by atoms with Gasteiger partial charge in [-0.2, -0.15) is 0 Å². The van der Waals surface area contributed by atoms with Gasteiger partial charge in [-0.05, 0) is 18.2 Å². The number of carboxylic acid groups (broad SMARTS) is 2. The van der Waals surface area contributed by atoms with E-state index >= 15 is 0 Å². The molecule has 1 aliphatic rings. The van der Waals surface area contributed by atoms with Crippen molar-refractivity contribution >= 4 is 11.9 Å². The third kappa shape index (κ3) is 7.12. The van der Waals surface area contributed by atoms with Crippen LogP contribution in [-0.2, 0) is 22.7 Å². The fourth-order valence-corrected chi connectivity index (χ4v) is 2.69. The van der Waals surface area contributed by atoms with Crippen LogP contribution in [0.1, 0.15) is 11.3 Å². The fraction of sp³-hybridized carbons (Fsp3) is 0.316. The molecule has 0 aliphatic carbocycles. The van der Waals surface area contributed by atoms with Crippen LogP contribution in [0.25, 0.3) is 0 Å². The van der Waals surface area contributed by atoms with E-state index in [-0.39, 0.29) is 5.82 Å². The second kappa shape index (κ2) is 10.3. The molecule has 0 unspecified atom stereocenters. The Balaban J connectivity index is 0.000000380. The third-order valence-corrected chi connectivity index (χ3v) is 4.11. The van der Waals surface area contributed by atoms with E-state index in [0.717, 1.165) is 44.0 Å². The van der Waals surface area contributed by atoms with Crippen molar-refractivity contribution in [2.45, 2.75) is 13.1 Å². The lowest BCUT2D eigenvalue weighted by molar-refractivity contribution is -0.159. The molecule has 0 saturated carbocycles. The fourth-order valence-electron chi connectivity index (χ4n) is 2.69. The zero-order chi connectivity index (χ0) is 19.6. The molecule has 0 radical (unpaired) electrons. The summed E-state index contributed by atoms with van der Waals surface area (Å²) in [6.07, 6.45) is 1.84. The molecule has 8 heteroatoms. The zero-order valence-corrected chi connectivity index (χ0v) is 14.8. The number of aromatic nitrogens is 1. The average molecular weight is 375 g/mol. The van der Waals surface area contributed by atoms with Crippen molar-refractivity contribution in [3.63, 3.8) is 0 Å². The molecule has 0 amide bonds. The minimum atomic E-state index is -1.82. The smallest absolute Gasteiger partial charge is 0.414 e. The Bertz CT molecular complexity index is 738. The molecule has 1 aromatic heterocycles. The molecule has 1 saturated heterocycles. The topological polar surface area (TPSA) is 94.0 Å². The highest BCUT2D eigenvalue weighted by atomic mass is 19.1. The van der Waals surface area contributed by atoms with E-state index in [1.807, 2.05) is 30.5 Å². The highest BCUT2D eigenvalue weighted by Gasteiger charge is 2.18. The largest absolute Gasteiger partial charge is 0.473 e. The molecule has 0 atom stereocenters. The van der Waals surface area contributed by atoms with E-state index in [9.17, 15) is 4.39 Å². The zero-order valence-electron chi connectivity index (χ0n) is 14.8. The van der Waals surface area contributed by atoms with Gasteiger partial charge in [0.05, 0.1) is 5.69 Å². The summed E-state index contributed by atoms with van der Waals surface area (Å²) in [7, 11) is 0. The minimum Gasteiger partial charge on any atom is -0.473 e. The first-order valence-corrected chi connectivity index (χ1v) is 8.50. The van der Waals surface area contributed by atoms with Gasteiger partial charge in [0.25, 0.3) is 0 Å². The summed E-state index contributed by atoms with van der Waals surface area (Å²) in [6.45, 7) is 5.55. The predicted octanol–water partition coefficient (Wildman–Crippen LogP) is 1.69. The Kier molecular flexibility index (Phi) is 7.84. The first-order chi connectivity index (χ1) is 13.0. The Labute approximate surface area is 156 Å². The number of rotatable bonds is 4. The van der Waals surface area contributed by atoms with Crippen molar-refractivity contribution in [2.24, 2.45) is 0 Å². The van der Waals surface area contributed by atoms with Crippen molar-refractivity contribution in [1.29, 1.82) is 0 Å². The van der Waals surface area contributed by atoms with Crippen LogP contribution in [0, 0.1) is 5.82 Å². The summed E-state index contributed by atoms with van der Waals surface area (Å²) in [5, 5.41) is 14.8. The van der Waals surface area contributed by atoms with Crippen LogP contribution < -0.4 is 0 Å².